The van der Waals surface area contributed by atoms with Gasteiger partial charge in [0.15, 0.2) is 0 Å². The molecule has 0 saturated heterocycles. The fourth-order valence-electron chi connectivity index (χ4n) is 1.38. The lowest BCUT2D eigenvalue weighted by Crippen LogP contribution is -2.19. The van der Waals surface area contributed by atoms with Gasteiger partial charge in [0.1, 0.15) is 5.25 Å². The molecule has 0 aliphatic carbocycles. The molecule has 0 aromatic heterocycles. The first kappa shape index (κ1) is 13.1. The van der Waals surface area contributed by atoms with Crippen LogP contribution in [0.3, 0.4) is 0 Å². The second-order valence-electron chi connectivity index (χ2n) is 3.53. The first-order valence-electron chi connectivity index (χ1n) is 5.58. The predicted octanol–water partition coefficient (Wildman–Crippen LogP) is 3.43. The van der Waals surface area contributed by atoms with Gasteiger partial charge in [0.25, 0.3) is 0 Å². The number of hydrogen-bond donors (Lipinski definition) is 0. The second kappa shape index (κ2) is 6.59. The topological polar surface area (TPSA) is 26.3 Å². The van der Waals surface area contributed by atoms with Crippen LogP contribution in [0.5, 0.6) is 0 Å². The van der Waals surface area contributed by atoms with E-state index in [0.29, 0.717) is 6.61 Å². The molecule has 88 valence electrons. The lowest BCUT2D eigenvalue weighted by molar-refractivity contribution is -0.142. The molecule has 0 radical (unpaired) electrons. The number of carbonyl (C=O) groups is 1. The van der Waals surface area contributed by atoms with E-state index in [0.717, 1.165) is 11.3 Å². The summed E-state index contributed by atoms with van der Waals surface area (Å²) >= 11 is 1.59. The van der Waals surface area contributed by atoms with Crippen molar-refractivity contribution in [3.8, 4) is 0 Å². The van der Waals surface area contributed by atoms with Crippen LogP contribution < -0.4 is 0 Å². The van der Waals surface area contributed by atoms with E-state index < -0.39 is 0 Å². The molecule has 1 unspecified atom stereocenters. The highest BCUT2D eigenvalue weighted by atomic mass is 32.2. The molecule has 0 fully saturated rings. The maximum absolute atomic E-state index is 11.6. The molecule has 1 rings (SSSR count). The first-order valence-corrected chi connectivity index (χ1v) is 6.45. The number of rotatable bonds is 5. The van der Waals surface area contributed by atoms with Crippen molar-refractivity contribution in [2.75, 3.05) is 6.61 Å². The van der Waals surface area contributed by atoms with Gasteiger partial charge in [0, 0.05) is 4.90 Å². The third-order valence-electron chi connectivity index (χ3n) is 2.28. The molecule has 0 saturated carbocycles. The van der Waals surface area contributed by atoms with Gasteiger partial charge >= 0.3 is 5.97 Å². The highest BCUT2D eigenvalue weighted by Gasteiger charge is 2.19. The Hall–Kier alpha value is -0.960. The molecule has 1 aromatic rings. The van der Waals surface area contributed by atoms with E-state index in [1.807, 2.05) is 32.0 Å². The fourth-order valence-corrected chi connectivity index (χ4v) is 2.42. The van der Waals surface area contributed by atoms with Crippen LogP contribution in [0.15, 0.2) is 29.2 Å². The van der Waals surface area contributed by atoms with Gasteiger partial charge in [-0.2, -0.15) is 0 Å². The minimum absolute atomic E-state index is 0.0963. The van der Waals surface area contributed by atoms with E-state index in [1.165, 1.54) is 5.56 Å². The van der Waals surface area contributed by atoms with Gasteiger partial charge in [-0.3, -0.25) is 4.79 Å². The smallest absolute Gasteiger partial charge is 0.319 e. The van der Waals surface area contributed by atoms with Crippen LogP contribution in [0.4, 0.5) is 0 Å². The number of esters is 1. The number of carbonyl (C=O) groups excluding carboxylic acids is 1. The largest absolute Gasteiger partial charge is 0.465 e. The lowest BCUT2D eigenvalue weighted by atomic mass is 10.2. The number of aryl methyl sites for hydroxylation is 1. The van der Waals surface area contributed by atoms with Crippen molar-refractivity contribution in [3.63, 3.8) is 0 Å². The van der Waals surface area contributed by atoms with Crippen molar-refractivity contribution in [3.05, 3.63) is 29.8 Å². The Morgan fingerprint density at radius 1 is 1.38 bits per heavy atom. The summed E-state index contributed by atoms with van der Waals surface area (Å²) in [6.45, 7) is 6.35. The van der Waals surface area contributed by atoms with E-state index in [-0.39, 0.29) is 11.2 Å². The molecule has 0 amide bonds. The second-order valence-corrected chi connectivity index (χ2v) is 4.78. The van der Waals surface area contributed by atoms with Crippen molar-refractivity contribution in [1.82, 2.24) is 0 Å². The number of benzene rings is 1. The Bertz CT molecular complexity index is 350. The molecule has 0 bridgehead atoms. The maximum Gasteiger partial charge on any atom is 0.319 e. The normalized spacial score (nSPS) is 12.2. The molecule has 3 heteroatoms. The van der Waals surface area contributed by atoms with Gasteiger partial charge in [0.2, 0.25) is 0 Å². The zero-order valence-corrected chi connectivity index (χ0v) is 10.8. The predicted molar refractivity (Wildman–Crippen MR) is 67.7 cm³/mol. The quantitative estimate of drug-likeness (QED) is 0.580. The summed E-state index contributed by atoms with van der Waals surface area (Å²) in [6.07, 6.45) is 0.790. The SMILES string of the molecule is CCOC(=O)C(CC)Sc1ccccc1C. The zero-order chi connectivity index (χ0) is 12.0. The van der Waals surface area contributed by atoms with Gasteiger partial charge in [-0.1, -0.05) is 25.1 Å². The van der Waals surface area contributed by atoms with Crippen LogP contribution in [0.25, 0.3) is 0 Å². The summed E-state index contributed by atoms with van der Waals surface area (Å²) in [6, 6.07) is 8.10. The van der Waals surface area contributed by atoms with E-state index >= 15 is 0 Å². The summed E-state index contributed by atoms with van der Waals surface area (Å²) in [5.74, 6) is -0.113. The van der Waals surface area contributed by atoms with Crippen molar-refractivity contribution < 1.29 is 9.53 Å². The van der Waals surface area contributed by atoms with Crippen LogP contribution in [0.2, 0.25) is 0 Å². The monoisotopic (exact) mass is 238 g/mol. The maximum atomic E-state index is 11.6. The van der Waals surface area contributed by atoms with Gasteiger partial charge in [-0.05, 0) is 31.9 Å². The Balaban J connectivity index is 2.70. The minimum atomic E-state index is -0.113. The molecule has 1 atom stereocenters. The van der Waals surface area contributed by atoms with Gasteiger partial charge in [0.05, 0.1) is 6.61 Å². The summed E-state index contributed by atoms with van der Waals surface area (Å²) < 4.78 is 5.05. The van der Waals surface area contributed by atoms with Crippen LogP contribution in [0, 0.1) is 6.92 Å². The Kier molecular flexibility index (Phi) is 5.39. The summed E-state index contributed by atoms with van der Waals surface area (Å²) in [7, 11) is 0. The Morgan fingerprint density at radius 3 is 2.62 bits per heavy atom. The van der Waals surface area contributed by atoms with E-state index in [2.05, 4.69) is 13.0 Å². The lowest BCUT2D eigenvalue weighted by Gasteiger charge is -2.14. The van der Waals surface area contributed by atoms with Crippen LogP contribution in [-0.4, -0.2) is 17.8 Å². The summed E-state index contributed by atoms with van der Waals surface area (Å²) in [5.41, 5.74) is 1.20. The van der Waals surface area contributed by atoms with Crippen LogP contribution >= 0.6 is 11.8 Å². The van der Waals surface area contributed by atoms with Gasteiger partial charge < -0.3 is 4.74 Å². The van der Waals surface area contributed by atoms with Crippen molar-refractivity contribution in [2.45, 2.75) is 37.3 Å². The zero-order valence-electron chi connectivity index (χ0n) is 10.0. The number of hydrogen-bond acceptors (Lipinski definition) is 3. The molecular formula is C13H18O2S. The molecule has 0 N–H and O–H groups in total. The standard InChI is InChI=1S/C13H18O2S/c1-4-11(13(14)15-5-2)16-12-9-7-6-8-10(12)3/h6-9,11H,4-5H2,1-3H3. The third kappa shape index (κ3) is 3.56. The molecule has 0 aliphatic rings. The van der Waals surface area contributed by atoms with Crippen LogP contribution in [-0.2, 0) is 9.53 Å². The Labute approximate surface area is 101 Å². The summed E-state index contributed by atoms with van der Waals surface area (Å²) in [4.78, 5) is 12.8. The molecule has 16 heavy (non-hydrogen) atoms. The average molecular weight is 238 g/mol. The summed E-state index contributed by atoms with van der Waals surface area (Å²) in [5, 5.41) is -0.0963. The number of ether oxygens (including phenoxy) is 1. The van der Waals surface area contributed by atoms with Gasteiger partial charge in [-0.25, -0.2) is 0 Å². The van der Waals surface area contributed by atoms with E-state index in [1.54, 1.807) is 11.8 Å². The van der Waals surface area contributed by atoms with E-state index in [4.69, 9.17) is 4.74 Å². The minimum Gasteiger partial charge on any atom is -0.465 e. The molecule has 1 aromatic carbocycles. The van der Waals surface area contributed by atoms with Gasteiger partial charge in [-0.15, -0.1) is 11.8 Å². The van der Waals surface area contributed by atoms with Crippen molar-refractivity contribution >= 4 is 17.7 Å². The molecule has 0 heterocycles. The number of thioether (sulfide) groups is 1. The van der Waals surface area contributed by atoms with Crippen molar-refractivity contribution in [2.24, 2.45) is 0 Å². The molecule has 2 nitrogen and oxygen atoms in total. The van der Waals surface area contributed by atoms with Crippen molar-refractivity contribution in [1.29, 1.82) is 0 Å². The molecular weight excluding hydrogens is 220 g/mol. The third-order valence-corrected chi connectivity index (χ3v) is 3.81. The average Bonchev–Trinajstić information content (AvgIpc) is 2.28. The fraction of sp³-hybridized carbons (Fsp3) is 0.462. The highest BCUT2D eigenvalue weighted by Crippen LogP contribution is 2.28. The van der Waals surface area contributed by atoms with E-state index in [9.17, 15) is 4.79 Å². The first-order chi connectivity index (χ1) is 7.69. The van der Waals surface area contributed by atoms with Crippen LogP contribution in [0.1, 0.15) is 25.8 Å². The Morgan fingerprint density at radius 2 is 2.06 bits per heavy atom. The molecule has 0 aliphatic heterocycles. The highest BCUT2D eigenvalue weighted by molar-refractivity contribution is 8.00. The molecule has 0 spiro atoms.